The van der Waals surface area contributed by atoms with Crippen molar-refractivity contribution in [2.75, 3.05) is 6.54 Å². The molecule has 0 unspecified atom stereocenters. The van der Waals surface area contributed by atoms with Gasteiger partial charge >= 0.3 is 0 Å². The number of fused-ring (bicyclic) bond motifs is 1. The van der Waals surface area contributed by atoms with E-state index < -0.39 is 0 Å². The molecule has 3 heterocycles. The Kier molecular flexibility index (Phi) is 4.50. The van der Waals surface area contributed by atoms with Crippen LogP contribution in [0.5, 0.6) is 0 Å². The first kappa shape index (κ1) is 17.8. The molecular weight excluding hydrogens is 340 g/mol. The number of aryl methyl sites for hydroxylation is 4. The van der Waals surface area contributed by atoms with Crippen LogP contribution < -0.4 is 0 Å². The Labute approximate surface area is 158 Å². The second-order valence-corrected chi connectivity index (χ2v) is 7.69. The van der Waals surface area contributed by atoms with Crippen molar-refractivity contribution < 1.29 is 9.32 Å². The summed E-state index contributed by atoms with van der Waals surface area (Å²) in [6.07, 6.45) is 3.34. The summed E-state index contributed by atoms with van der Waals surface area (Å²) in [5.74, 6) is 1.29. The Morgan fingerprint density at radius 3 is 2.81 bits per heavy atom. The van der Waals surface area contributed by atoms with Crippen LogP contribution in [0.2, 0.25) is 0 Å². The molecule has 1 aliphatic rings. The normalized spacial score (nSPS) is 17.6. The van der Waals surface area contributed by atoms with Gasteiger partial charge in [-0.1, -0.05) is 16.8 Å². The van der Waals surface area contributed by atoms with Gasteiger partial charge in [-0.3, -0.25) is 4.79 Å². The number of rotatable bonds is 3. The zero-order valence-corrected chi connectivity index (χ0v) is 16.4. The lowest BCUT2D eigenvalue weighted by Crippen LogP contribution is -2.39. The SMILES string of the molecule is Cc1cc(C)c2[nH]c(C)c(CC(=O)N3CCCC[C@@H]3c3nc(C)no3)c2c1. The number of nitrogens with zero attached hydrogens (tertiary/aromatic N) is 3. The van der Waals surface area contributed by atoms with Crippen molar-refractivity contribution in [1.82, 2.24) is 20.0 Å². The first-order chi connectivity index (χ1) is 12.9. The largest absolute Gasteiger partial charge is 0.358 e. The summed E-state index contributed by atoms with van der Waals surface area (Å²) in [6, 6.07) is 4.23. The number of benzene rings is 1. The van der Waals surface area contributed by atoms with Gasteiger partial charge in [0.05, 0.1) is 6.42 Å². The predicted molar refractivity (Wildman–Crippen MR) is 104 cm³/mol. The van der Waals surface area contributed by atoms with Crippen LogP contribution in [0.3, 0.4) is 0 Å². The molecule has 27 heavy (non-hydrogen) atoms. The minimum atomic E-state index is -0.110. The molecule has 1 fully saturated rings. The molecule has 1 amide bonds. The lowest BCUT2D eigenvalue weighted by atomic mass is 9.99. The van der Waals surface area contributed by atoms with Crippen molar-refractivity contribution in [2.24, 2.45) is 0 Å². The van der Waals surface area contributed by atoms with E-state index in [2.05, 4.69) is 41.1 Å². The standard InChI is InChI=1S/C21H26N4O2/c1-12-9-13(2)20-17(10-12)16(14(3)22-20)11-19(26)25-8-6-5-7-18(25)21-23-15(4)24-27-21/h9-10,18,22H,5-8,11H2,1-4H3/t18-/m1/s1. The summed E-state index contributed by atoms with van der Waals surface area (Å²) in [5, 5.41) is 5.06. The zero-order chi connectivity index (χ0) is 19.1. The van der Waals surface area contributed by atoms with E-state index in [1.807, 2.05) is 18.7 Å². The van der Waals surface area contributed by atoms with Gasteiger partial charge < -0.3 is 14.4 Å². The number of hydrogen-bond acceptors (Lipinski definition) is 4. The molecule has 0 aliphatic carbocycles. The molecule has 4 rings (SSSR count). The molecule has 2 aromatic heterocycles. The Morgan fingerprint density at radius 1 is 1.26 bits per heavy atom. The van der Waals surface area contributed by atoms with Crippen molar-refractivity contribution in [3.05, 3.63) is 46.2 Å². The van der Waals surface area contributed by atoms with E-state index in [4.69, 9.17) is 4.52 Å². The Hall–Kier alpha value is -2.63. The first-order valence-corrected chi connectivity index (χ1v) is 9.62. The number of piperidine rings is 1. The van der Waals surface area contributed by atoms with Crippen LogP contribution in [0, 0.1) is 27.7 Å². The average Bonchev–Trinajstić information content (AvgIpc) is 3.20. The van der Waals surface area contributed by atoms with Gasteiger partial charge in [0.2, 0.25) is 11.8 Å². The highest BCUT2D eigenvalue weighted by molar-refractivity contribution is 5.92. The van der Waals surface area contributed by atoms with Crippen LogP contribution in [-0.4, -0.2) is 32.5 Å². The van der Waals surface area contributed by atoms with Crippen molar-refractivity contribution in [2.45, 2.75) is 59.4 Å². The second kappa shape index (κ2) is 6.83. The fourth-order valence-corrected chi connectivity index (χ4v) is 4.25. The molecule has 1 aliphatic heterocycles. The monoisotopic (exact) mass is 366 g/mol. The molecule has 3 aromatic rings. The highest BCUT2D eigenvalue weighted by atomic mass is 16.5. The molecule has 0 saturated carbocycles. The number of aromatic amines is 1. The number of carbonyl (C=O) groups excluding carboxylic acids is 1. The number of nitrogens with one attached hydrogen (secondary N) is 1. The van der Waals surface area contributed by atoms with E-state index in [9.17, 15) is 4.79 Å². The van der Waals surface area contributed by atoms with Gasteiger partial charge in [-0.05, 0) is 64.2 Å². The maximum Gasteiger partial charge on any atom is 0.249 e. The quantitative estimate of drug-likeness (QED) is 0.758. The number of H-pyrrole nitrogens is 1. The van der Waals surface area contributed by atoms with Crippen molar-refractivity contribution in [1.29, 1.82) is 0 Å². The summed E-state index contributed by atoms with van der Waals surface area (Å²) in [6.45, 7) is 8.80. The third-order valence-corrected chi connectivity index (χ3v) is 5.55. The van der Waals surface area contributed by atoms with Crippen molar-refractivity contribution in [3.63, 3.8) is 0 Å². The fraction of sp³-hybridized carbons (Fsp3) is 0.476. The number of likely N-dealkylation sites (tertiary alicyclic amines) is 1. The molecule has 6 heteroatoms. The highest BCUT2D eigenvalue weighted by Gasteiger charge is 2.32. The fourth-order valence-electron chi connectivity index (χ4n) is 4.25. The Balaban J connectivity index is 1.65. The van der Waals surface area contributed by atoms with Crippen LogP contribution in [0.25, 0.3) is 10.9 Å². The van der Waals surface area contributed by atoms with E-state index in [1.54, 1.807) is 0 Å². The molecule has 0 spiro atoms. The van der Waals surface area contributed by atoms with Gasteiger partial charge in [-0.25, -0.2) is 0 Å². The van der Waals surface area contributed by atoms with E-state index >= 15 is 0 Å². The lowest BCUT2D eigenvalue weighted by molar-refractivity contribution is -0.135. The number of carbonyl (C=O) groups is 1. The van der Waals surface area contributed by atoms with Gasteiger partial charge in [0.15, 0.2) is 5.82 Å². The topological polar surface area (TPSA) is 75.0 Å². The van der Waals surface area contributed by atoms with Gasteiger partial charge in [0.25, 0.3) is 0 Å². The zero-order valence-electron chi connectivity index (χ0n) is 16.4. The van der Waals surface area contributed by atoms with Gasteiger partial charge in [0, 0.05) is 23.1 Å². The third kappa shape index (κ3) is 3.24. The average molecular weight is 366 g/mol. The summed E-state index contributed by atoms with van der Waals surface area (Å²) >= 11 is 0. The van der Waals surface area contributed by atoms with E-state index in [-0.39, 0.29) is 11.9 Å². The summed E-state index contributed by atoms with van der Waals surface area (Å²) in [4.78, 5) is 23.0. The molecule has 1 saturated heterocycles. The molecular formula is C21H26N4O2. The number of hydrogen-bond donors (Lipinski definition) is 1. The molecule has 1 N–H and O–H groups in total. The number of amides is 1. The van der Waals surface area contributed by atoms with Gasteiger partial charge in [0.1, 0.15) is 6.04 Å². The van der Waals surface area contributed by atoms with Crippen LogP contribution >= 0.6 is 0 Å². The lowest BCUT2D eigenvalue weighted by Gasteiger charge is -2.33. The number of aromatic nitrogens is 3. The van der Waals surface area contributed by atoms with Crippen molar-refractivity contribution in [3.8, 4) is 0 Å². The van der Waals surface area contributed by atoms with Crippen LogP contribution in [0.1, 0.15) is 59.4 Å². The summed E-state index contributed by atoms with van der Waals surface area (Å²) in [7, 11) is 0. The van der Waals surface area contributed by atoms with E-state index in [0.717, 1.165) is 48.0 Å². The van der Waals surface area contributed by atoms with Crippen LogP contribution in [0.15, 0.2) is 16.7 Å². The molecule has 0 bridgehead atoms. The third-order valence-electron chi connectivity index (χ3n) is 5.55. The predicted octanol–water partition coefficient (Wildman–Crippen LogP) is 4.08. The highest BCUT2D eigenvalue weighted by Crippen LogP contribution is 2.32. The van der Waals surface area contributed by atoms with Gasteiger partial charge in [-0.15, -0.1) is 0 Å². The van der Waals surface area contributed by atoms with E-state index in [0.29, 0.717) is 18.1 Å². The molecule has 1 aromatic carbocycles. The molecule has 6 nitrogen and oxygen atoms in total. The molecule has 142 valence electrons. The maximum atomic E-state index is 13.2. The molecule has 1 atom stereocenters. The molecule has 0 radical (unpaired) electrons. The Bertz CT molecular complexity index is 1000. The van der Waals surface area contributed by atoms with Gasteiger partial charge in [-0.2, -0.15) is 4.98 Å². The second-order valence-electron chi connectivity index (χ2n) is 7.69. The maximum absolute atomic E-state index is 13.2. The summed E-state index contributed by atoms with van der Waals surface area (Å²) < 4.78 is 5.38. The Morgan fingerprint density at radius 2 is 2.07 bits per heavy atom. The van der Waals surface area contributed by atoms with Crippen molar-refractivity contribution >= 4 is 16.8 Å². The van der Waals surface area contributed by atoms with Crippen LogP contribution in [0.4, 0.5) is 0 Å². The first-order valence-electron chi connectivity index (χ1n) is 9.62. The smallest absolute Gasteiger partial charge is 0.249 e. The van der Waals surface area contributed by atoms with Crippen LogP contribution in [-0.2, 0) is 11.2 Å². The van der Waals surface area contributed by atoms with E-state index in [1.165, 1.54) is 11.1 Å². The minimum Gasteiger partial charge on any atom is -0.358 e. The summed E-state index contributed by atoms with van der Waals surface area (Å²) in [5.41, 5.74) is 5.71. The minimum absolute atomic E-state index is 0.110.